The second kappa shape index (κ2) is 22.6. The molecule has 0 aliphatic carbocycles. The Bertz CT molecular complexity index is 908. The standard InChI is InChI=1S/C12H15FO3.C10H11FO2.C6H13BrO2/c1-3-16-12(14)11(8-15-2)9-5-4-6-10(13)7-9;1-2-13-10(12)7-8-4-3-5-9(11)6-8;1-3-8-6(5-7)9-4-2/h4-7,11H,3,8H2,1-2H3;3-6H,2,7H2,1H3;6H,3-5H2,1-2H3. The predicted octanol–water partition coefficient (Wildman–Crippen LogP) is 5.83. The van der Waals surface area contributed by atoms with Crippen LogP contribution in [0.15, 0.2) is 48.5 Å². The molecule has 0 radical (unpaired) electrons. The summed E-state index contributed by atoms with van der Waals surface area (Å²) in [6.45, 7) is 9.62. The van der Waals surface area contributed by atoms with Crippen molar-refractivity contribution in [3.8, 4) is 0 Å². The predicted molar refractivity (Wildman–Crippen MR) is 145 cm³/mol. The molecule has 10 heteroatoms. The number of carbonyl (C=O) groups excluding carboxylic acids is 2. The number of esters is 2. The van der Waals surface area contributed by atoms with Crippen molar-refractivity contribution in [1.82, 2.24) is 0 Å². The summed E-state index contributed by atoms with van der Waals surface area (Å²) < 4.78 is 50.6. The molecule has 214 valence electrons. The van der Waals surface area contributed by atoms with E-state index in [0.717, 1.165) is 5.33 Å². The van der Waals surface area contributed by atoms with Crippen LogP contribution in [0.4, 0.5) is 8.78 Å². The van der Waals surface area contributed by atoms with Crippen molar-refractivity contribution in [2.24, 2.45) is 0 Å². The number of carbonyl (C=O) groups is 2. The molecule has 0 fully saturated rings. The van der Waals surface area contributed by atoms with Gasteiger partial charge >= 0.3 is 11.9 Å². The van der Waals surface area contributed by atoms with E-state index in [9.17, 15) is 18.4 Å². The van der Waals surface area contributed by atoms with Gasteiger partial charge in [-0.05, 0) is 63.1 Å². The second-order valence-corrected chi connectivity index (χ2v) is 8.07. The minimum Gasteiger partial charge on any atom is -0.466 e. The molecule has 0 bridgehead atoms. The minimum absolute atomic E-state index is 0.0694. The van der Waals surface area contributed by atoms with Gasteiger partial charge < -0.3 is 23.7 Å². The highest BCUT2D eigenvalue weighted by atomic mass is 79.9. The number of alkyl halides is 1. The lowest BCUT2D eigenvalue weighted by Crippen LogP contribution is -2.20. The molecular weight excluding hydrogens is 566 g/mol. The first-order valence-electron chi connectivity index (χ1n) is 12.4. The molecule has 2 aromatic carbocycles. The lowest BCUT2D eigenvalue weighted by Gasteiger charge is -2.14. The average Bonchev–Trinajstić information content (AvgIpc) is 2.88. The smallest absolute Gasteiger partial charge is 0.315 e. The normalized spacial score (nSPS) is 11.0. The molecule has 0 N–H and O–H groups in total. The first kappa shape index (κ1) is 35.6. The molecule has 0 amide bonds. The largest absolute Gasteiger partial charge is 0.466 e. The van der Waals surface area contributed by atoms with Crippen LogP contribution in [0, 0.1) is 11.6 Å². The van der Waals surface area contributed by atoms with E-state index in [0.29, 0.717) is 37.6 Å². The van der Waals surface area contributed by atoms with E-state index in [4.69, 9.17) is 23.7 Å². The summed E-state index contributed by atoms with van der Waals surface area (Å²) in [5.41, 5.74) is 1.21. The molecule has 0 aliphatic heterocycles. The number of hydrogen-bond acceptors (Lipinski definition) is 7. The van der Waals surface area contributed by atoms with Crippen LogP contribution in [-0.2, 0) is 39.7 Å². The monoisotopic (exact) mass is 604 g/mol. The quantitative estimate of drug-likeness (QED) is 0.162. The zero-order valence-electron chi connectivity index (χ0n) is 22.7. The Balaban J connectivity index is 0.000000564. The molecule has 0 aliphatic rings. The van der Waals surface area contributed by atoms with E-state index in [-0.39, 0.29) is 36.9 Å². The van der Waals surface area contributed by atoms with Crippen LogP contribution in [-0.4, -0.2) is 63.7 Å². The van der Waals surface area contributed by atoms with Gasteiger partial charge in [-0.2, -0.15) is 0 Å². The van der Waals surface area contributed by atoms with Gasteiger partial charge in [0.25, 0.3) is 0 Å². The third-order valence-corrected chi connectivity index (χ3v) is 5.06. The van der Waals surface area contributed by atoms with Gasteiger partial charge in [-0.3, -0.25) is 9.59 Å². The summed E-state index contributed by atoms with van der Waals surface area (Å²) in [5, 5.41) is 0.745. The number of halogens is 3. The maximum Gasteiger partial charge on any atom is 0.315 e. The maximum absolute atomic E-state index is 13.0. The van der Waals surface area contributed by atoms with Gasteiger partial charge in [0.15, 0.2) is 6.29 Å². The van der Waals surface area contributed by atoms with E-state index < -0.39 is 11.9 Å². The van der Waals surface area contributed by atoms with Crippen molar-refractivity contribution in [3.63, 3.8) is 0 Å². The fourth-order valence-electron chi connectivity index (χ4n) is 2.97. The van der Waals surface area contributed by atoms with Crippen molar-refractivity contribution in [2.75, 3.05) is 45.5 Å². The first-order valence-corrected chi connectivity index (χ1v) is 13.5. The summed E-state index contributed by atoms with van der Waals surface area (Å²) in [6, 6.07) is 11.8. The van der Waals surface area contributed by atoms with Gasteiger partial charge in [-0.15, -0.1) is 0 Å². The van der Waals surface area contributed by atoms with Gasteiger partial charge in [0.05, 0.1) is 31.6 Å². The number of hydrogen-bond donors (Lipinski definition) is 0. The SMILES string of the molecule is CCOC(=O)C(COC)c1cccc(F)c1.CCOC(=O)Cc1cccc(F)c1.CCOC(CBr)OCC. The summed E-state index contributed by atoms with van der Waals surface area (Å²) in [7, 11) is 1.49. The minimum atomic E-state index is -0.569. The molecule has 0 saturated carbocycles. The van der Waals surface area contributed by atoms with Crippen molar-refractivity contribution < 1.29 is 42.1 Å². The van der Waals surface area contributed by atoms with Crippen LogP contribution in [0.1, 0.15) is 44.7 Å². The van der Waals surface area contributed by atoms with Crippen molar-refractivity contribution >= 4 is 27.9 Å². The number of ether oxygens (including phenoxy) is 5. The van der Waals surface area contributed by atoms with E-state index >= 15 is 0 Å². The molecule has 2 rings (SSSR count). The second-order valence-electron chi connectivity index (χ2n) is 7.42. The Morgan fingerprint density at radius 2 is 1.42 bits per heavy atom. The van der Waals surface area contributed by atoms with Crippen LogP contribution >= 0.6 is 15.9 Å². The fourth-order valence-corrected chi connectivity index (χ4v) is 3.34. The lowest BCUT2D eigenvalue weighted by atomic mass is 10.00. The number of rotatable bonds is 13. The fraction of sp³-hybridized carbons (Fsp3) is 0.500. The molecule has 2 aromatic rings. The Morgan fingerprint density at radius 1 is 0.842 bits per heavy atom. The zero-order valence-corrected chi connectivity index (χ0v) is 24.3. The van der Waals surface area contributed by atoms with Crippen molar-refractivity contribution in [2.45, 2.75) is 46.3 Å². The Hall–Kier alpha value is -2.40. The van der Waals surface area contributed by atoms with Gasteiger partial charge in [0, 0.05) is 20.3 Å². The highest BCUT2D eigenvalue weighted by Gasteiger charge is 2.22. The summed E-state index contributed by atoms with van der Waals surface area (Å²) >= 11 is 3.27. The van der Waals surface area contributed by atoms with Crippen molar-refractivity contribution in [3.05, 3.63) is 71.3 Å². The lowest BCUT2D eigenvalue weighted by molar-refractivity contribution is -0.146. The number of benzene rings is 2. The van der Waals surface area contributed by atoms with Gasteiger partial charge in [0.2, 0.25) is 0 Å². The maximum atomic E-state index is 13.0. The highest BCUT2D eigenvalue weighted by molar-refractivity contribution is 9.09. The van der Waals surface area contributed by atoms with E-state index in [1.807, 2.05) is 13.8 Å². The Morgan fingerprint density at radius 3 is 1.89 bits per heavy atom. The topological polar surface area (TPSA) is 80.3 Å². The molecular formula is C28H39BrF2O7. The first-order chi connectivity index (χ1) is 18.3. The molecule has 1 atom stereocenters. The van der Waals surface area contributed by atoms with E-state index in [1.54, 1.807) is 38.1 Å². The van der Waals surface area contributed by atoms with Gasteiger partial charge in [0.1, 0.15) is 17.6 Å². The third kappa shape index (κ3) is 16.4. The zero-order chi connectivity index (χ0) is 28.8. The van der Waals surface area contributed by atoms with Crippen LogP contribution < -0.4 is 0 Å². The van der Waals surface area contributed by atoms with Crippen molar-refractivity contribution in [1.29, 1.82) is 0 Å². The number of methoxy groups -OCH3 is 1. The Kier molecular flexibility index (Phi) is 21.1. The van der Waals surface area contributed by atoms with E-state index in [2.05, 4.69) is 15.9 Å². The summed E-state index contributed by atoms with van der Waals surface area (Å²) in [6.07, 6.45) is 0.0611. The van der Waals surface area contributed by atoms with Crippen LogP contribution in [0.2, 0.25) is 0 Å². The Labute approximate surface area is 232 Å². The van der Waals surface area contributed by atoms with E-state index in [1.165, 1.54) is 31.4 Å². The van der Waals surface area contributed by atoms with Gasteiger partial charge in [-0.25, -0.2) is 8.78 Å². The molecule has 0 spiro atoms. The molecule has 0 heterocycles. The molecule has 38 heavy (non-hydrogen) atoms. The molecule has 0 aromatic heterocycles. The third-order valence-electron chi connectivity index (χ3n) is 4.53. The summed E-state index contributed by atoms with van der Waals surface area (Å²) in [5.74, 6) is -1.99. The molecule has 0 saturated heterocycles. The molecule has 1 unspecified atom stereocenters. The van der Waals surface area contributed by atoms with Crippen LogP contribution in [0.3, 0.4) is 0 Å². The summed E-state index contributed by atoms with van der Waals surface area (Å²) in [4.78, 5) is 22.6. The van der Waals surface area contributed by atoms with Crippen LogP contribution in [0.5, 0.6) is 0 Å². The molecule has 7 nitrogen and oxygen atoms in total. The average molecular weight is 606 g/mol. The highest BCUT2D eigenvalue weighted by Crippen LogP contribution is 2.19. The van der Waals surface area contributed by atoms with Crippen LogP contribution in [0.25, 0.3) is 0 Å². The van der Waals surface area contributed by atoms with Gasteiger partial charge in [-0.1, -0.05) is 40.2 Å².